The minimum Gasteiger partial charge on any atom is -0.362 e. The average molecular weight is 360 g/mol. The molecule has 1 aliphatic carbocycles. The first-order valence-electron chi connectivity index (χ1n) is 8.12. The lowest BCUT2D eigenvalue weighted by molar-refractivity contribution is 0.597. The number of aryl methyl sites for hydroxylation is 3. The van der Waals surface area contributed by atoms with Crippen LogP contribution in [0.25, 0.3) is 0 Å². The lowest BCUT2D eigenvalue weighted by atomic mass is 9.88. The van der Waals surface area contributed by atoms with Gasteiger partial charge in [-0.25, -0.2) is 9.97 Å². The number of hydrogen-bond acceptors (Lipinski definition) is 3. The summed E-state index contributed by atoms with van der Waals surface area (Å²) in [5, 5.41) is 3.66. The van der Waals surface area contributed by atoms with E-state index >= 15 is 0 Å². The highest BCUT2D eigenvalue weighted by atomic mass is 79.9. The van der Waals surface area contributed by atoms with Crippen LogP contribution in [0, 0.1) is 0 Å². The molecule has 1 aliphatic rings. The van der Waals surface area contributed by atoms with Crippen LogP contribution >= 0.6 is 15.9 Å². The smallest absolute Gasteiger partial charge is 0.148 e. The van der Waals surface area contributed by atoms with E-state index in [2.05, 4.69) is 64.3 Å². The maximum atomic E-state index is 4.81. The fourth-order valence-corrected chi connectivity index (χ4v) is 3.72. The zero-order valence-electron chi connectivity index (χ0n) is 13.2. The highest BCUT2D eigenvalue weighted by molar-refractivity contribution is 9.10. The van der Waals surface area contributed by atoms with Crippen molar-refractivity contribution in [2.24, 2.45) is 0 Å². The number of hydrogen-bond donors (Lipinski definition) is 1. The third kappa shape index (κ3) is 3.02. The predicted molar refractivity (Wildman–Crippen MR) is 94.2 cm³/mol. The Morgan fingerprint density at radius 3 is 2.68 bits per heavy atom. The van der Waals surface area contributed by atoms with Crippen molar-refractivity contribution in [3.63, 3.8) is 0 Å². The molecule has 3 rings (SSSR count). The second kappa shape index (κ2) is 6.78. The van der Waals surface area contributed by atoms with Crippen molar-refractivity contribution in [1.82, 2.24) is 9.97 Å². The summed E-state index contributed by atoms with van der Waals surface area (Å²) in [4.78, 5) is 9.48. The Hall–Kier alpha value is -1.42. The van der Waals surface area contributed by atoms with Crippen molar-refractivity contribution in [3.8, 4) is 0 Å². The first-order chi connectivity index (χ1) is 10.7. The van der Waals surface area contributed by atoms with Crippen LogP contribution in [-0.2, 0) is 19.3 Å². The lowest BCUT2D eigenvalue weighted by Crippen LogP contribution is -2.19. The maximum absolute atomic E-state index is 4.81. The number of fused-ring (bicyclic) bond motifs is 1. The van der Waals surface area contributed by atoms with Gasteiger partial charge in [0, 0.05) is 0 Å². The normalized spacial score (nSPS) is 17.1. The summed E-state index contributed by atoms with van der Waals surface area (Å²) in [5.41, 5.74) is 4.93. The first kappa shape index (κ1) is 15.5. The van der Waals surface area contributed by atoms with Crippen molar-refractivity contribution in [2.45, 2.75) is 52.0 Å². The summed E-state index contributed by atoms with van der Waals surface area (Å²) in [5.74, 6) is 0.948. The number of benzene rings is 1. The van der Waals surface area contributed by atoms with Crippen LogP contribution in [-0.4, -0.2) is 9.97 Å². The van der Waals surface area contributed by atoms with Gasteiger partial charge in [0.25, 0.3) is 0 Å². The molecule has 4 heteroatoms. The summed E-state index contributed by atoms with van der Waals surface area (Å²) in [6, 6.07) is 9.09. The summed E-state index contributed by atoms with van der Waals surface area (Å²) >= 11 is 3.53. The van der Waals surface area contributed by atoms with E-state index in [1.807, 2.05) is 0 Å². The summed E-state index contributed by atoms with van der Waals surface area (Å²) in [7, 11) is 0. The van der Waals surface area contributed by atoms with E-state index in [1.165, 1.54) is 24.0 Å². The van der Waals surface area contributed by atoms with Crippen molar-refractivity contribution < 1.29 is 0 Å². The number of nitrogens with zero attached hydrogens (tertiary/aromatic N) is 2. The molecule has 1 N–H and O–H groups in total. The molecule has 0 saturated heterocycles. The van der Waals surface area contributed by atoms with E-state index in [0.29, 0.717) is 6.04 Å². The van der Waals surface area contributed by atoms with Gasteiger partial charge in [0.05, 0.1) is 17.4 Å². The van der Waals surface area contributed by atoms with E-state index in [9.17, 15) is 0 Å². The minimum absolute atomic E-state index is 0.343. The monoisotopic (exact) mass is 359 g/mol. The number of aromatic nitrogens is 2. The molecular formula is C18H22BrN3. The van der Waals surface area contributed by atoms with E-state index in [4.69, 9.17) is 4.98 Å². The highest BCUT2D eigenvalue weighted by Gasteiger charge is 2.21. The Bertz CT molecular complexity index is 669. The van der Waals surface area contributed by atoms with Gasteiger partial charge >= 0.3 is 0 Å². The average Bonchev–Trinajstić information content (AvgIpc) is 2.56. The molecule has 1 aromatic heterocycles. The maximum Gasteiger partial charge on any atom is 0.148 e. The van der Waals surface area contributed by atoms with Crippen molar-refractivity contribution in [1.29, 1.82) is 0 Å². The standard InChI is InChI=1S/C18H22BrN3/c1-3-14-17(19)20-15(4-2)18(21-14)22-16-11-7-9-12-8-5-6-10-13(12)16/h5-6,8,10,16H,3-4,7,9,11H2,1-2H3,(H,21,22). The van der Waals surface area contributed by atoms with Gasteiger partial charge in [0.2, 0.25) is 0 Å². The molecule has 0 spiro atoms. The molecule has 0 saturated carbocycles. The Morgan fingerprint density at radius 2 is 1.91 bits per heavy atom. The minimum atomic E-state index is 0.343. The molecule has 1 aromatic carbocycles. The molecule has 0 radical (unpaired) electrons. The molecule has 22 heavy (non-hydrogen) atoms. The van der Waals surface area contributed by atoms with Crippen LogP contribution in [0.2, 0.25) is 0 Å². The first-order valence-corrected chi connectivity index (χ1v) is 8.91. The van der Waals surface area contributed by atoms with Gasteiger partial charge in [-0.3, -0.25) is 0 Å². The van der Waals surface area contributed by atoms with E-state index in [0.717, 1.165) is 41.1 Å². The third-order valence-electron chi connectivity index (χ3n) is 4.34. The molecule has 3 nitrogen and oxygen atoms in total. The lowest BCUT2D eigenvalue weighted by Gasteiger charge is -2.27. The number of nitrogens with one attached hydrogen (secondary N) is 1. The molecule has 0 fully saturated rings. The predicted octanol–water partition coefficient (Wildman–Crippen LogP) is 4.85. The van der Waals surface area contributed by atoms with Crippen molar-refractivity contribution in [3.05, 3.63) is 51.4 Å². The molecule has 1 unspecified atom stereocenters. The molecule has 1 heterocycles. The quantitative estimate of drug-likeness (QED) is 0.847. The zero-order valence-corrected chi connectivity index (χ0v) is 14.8. The Morgan fingerprint density at radius 1 is 1.14 bits per heavy atom. The van der Waals surface area contributed by atoms with Crippen LogP contribution in [0.4, 0.5) is 5.82 Å². The number of anilines is 1. The number of halogens is 1. The van der Waals surface area contributed by atoms with Crippen molar-refractivity contribution in [2.75, 3.05) is 5.32 Å². The zero-order chi connectivity index (χ0) is 15.5. The van der Waals surface area contributed by atoms with Gasteiger partial charge in [-0.05, 0) is 59.2 Å². The largest absolute Gasteiger partial charge is 0.362 e. The van der Waals surface area contributed by atoms with Gasteiger partial charge in [0.15, 0.2) is 0 Å². The van der Waals surface area contributed by atoms with Gasteiger partial charge in [0.1, 0.15) is 10.4 Å². The molecule has 2 aromatic rings. The third-order valence-corrected chi connectivity index (χ3v) is 4.98. The molecule has 1 atom stereocenters. The molecule has 0 aliphatic heterocycles. The van der Waals surface area contributed by atoms with Gasteiger partial charge < -0.3 is 5.32 Å². The second-order valence-electron chi connectivity index (χ2n) is 5.75. The molecule has 0 bridgehead atoms. The van der Waals surface area contributed by atoms with Gasteiger partial charge in [-0.1, -0.05) is 38.1 Å². The second-order valence-corrected chi connectivity index (χ2v) is 6.50. The van der Waals surface area contributed by atoms with Crippen LogP contribution < -0.4 is 5.32 Å². The van der Waals surface area contributed by atoms with Crippen LogP contribution in [0.1, 0.15) is 55.2 Å². The van der Waals surface area contributed by atoms with Crippen LogP contribution in [0.15, 0.2) is 28.9 Å². The summed E-state index contributed by atoms with van der Waals surface area (Å²) in [6.07, 6.45) is 5.32. The summed E-state index contributed by atoms with van der Waals surface area (Å²) in [6.45, 7) is 4.24. The van der Waals surface area contributed by atoms with E-state index < -0.39 is 0 Å². The fourth-order valence-electron chi connectivity index (χ4n) is 3.14. The van der Waals surface area contributed by atoms with E-state index in [1.54, 1.807) is 0 Å². The Kier molecular flexibility index (Phi) is 4.77. The Labute approximate surface area is 140 Å². The fraction of sp³-hybridized carbons (Fsp3) is 0.444. The highest BCUT2D eigenvalue weighted by Crippen LogP contribution is 2.33. The van der Waals surface area contributed by atoms with Crippen LogP contribution in [0.3, 0.4) is 0 Å². The number of rotatable bonds is 4. The topological polar surface area (TPSA) is 37.8 Å². The van der Waals surface area contributed by atoms with Crippen LogP contribution in [0.5, 0.6) is 0 Å². The SMILES string of the molecule is CCc1nc(NC2CCCc3ccccc32)c(CC)nc1Br. The molecular weight excluding hydrogens is 338 g/mol. The summed E-state index contributed by atoms with van der Waals surface area (Å²) < 4.78 is 0.876. The molecule has 116 valence electrons. The Balaban J connectivity index is 1.94. The van der Waals surface area contributed by atoms with Gasteiger partial charge in [-0.2, -0.15) is 0 Å². The van der Waals surface area contributed by atoms with Gasteiger partial charge in [-0.15, -0.1) is 0 Å². The van der Waals surface area contributed by atoms with E-state index in [-0.39, 0.29) is 0 Å². The van der Waals surface area contributed by atoms with Crippen molar-refractivity contribution >= 4 is 21.7 Å². The molecule has 0 amide bonds.